The van der Waals surface area contributed by atoms with Gasteiger partial charge in [-0.15, -0.1) is 0 Å². The number of aliphatic hydroxyl groups is 1. The van der Waals surface area contributed by atoms with Crippen molar-refractivity contribution in [1.82, 2.24) is 0 Å². The zero-order valence-corrected chi connectivity index (χ0v) is 15.0. The van der Waals surface area contributed by atoms with Crippen LogP contribution in [0.3, 0.4) is 0 Å². The molecule has 0 spiro atoms. The first-order chi connectivity index (χ1) is 10.9. The first-order valence-corrected chi connectivity index (χ1v) is 10.1. The van der Waals surface area contributed by atoms with Gasteiger partial charge in [-0.25, -0.2) is 0 Å². The van der Waals surface area contributed by atoms with E-state index in [2.05, 4.69) is 6.92 Å². The molecule has 1 N–H and O–H groups in total. The predicted octanol–water partition coefficient (Wildman–Crippen LogP) is 6.01. The summed E-state index contributed by atoms with van der Waals surface area (Å²) >= 11 is 0. The van der Waals surface area contributed by atoms with E-state index in [-0.39, 0.29) is 0 Å². The van der Waals surface area contributed by atoms with E-state index in [4.69, 9.17) is 9.84 Å². The number of hydrogen-bond acceptors (Lipinski definition) is 2. The maximum Gasteiger partial charge on any atom is 0.0841 e. The molecule has 22 heavy (non-hydrogen) atoms. The van der Waals surface area contributed by atoms with Crippen LogP contribution in [0.5, 0.6) is 0 Å². The molecule has 0 saturated carbocycles. The van der Waals surface area contributed by atoms with Gasteiger partial charge < -0.3 is 9.84 Å². The molecule has 0 aromatic rings. The lowest BCUT2D eigenvalue weighted by Crippen LogP contribution is -1.95. The van der Waals surface area contributed by atoms with Gasteiger partial charge in [-0.05, 0) is 19.3 Å². The number of unbranched alkanes of at least 4 members (excludes halogenated alkanes) is 12. The van der Waals surface area contributed by atoms with Crippen LogP contribution in [0, 0.1) is 0 Å². The Kier molecular flexibility index (Phi) is 13.2. The summed E-state index contributed by atoms with van der Waals surface area (Å²) in [6.45, 7) is 2.64. The Labute approximate surface area is 139 Å². The second-order valence-electron chi connectivity index (χ2n) is 7.11. The average Bonchev–Trinajstić information content (AvgIpc) is 3.27. The van der Waals surface area contributed by atoms with Gasteiger partial charge in [0, 0.05) is 6.61 Å². The molecule has 2 unspecified atom stereocenters. The zero-order chi connectivity index (χ0) is 15.9. The summed E-state index contributed by atoms with van der Waals surface area (Å²) in [6.07, 6.45) is 22.5. The SMILES string of the molecule is CCCCCCCCCCC1OC1CCCCCCCCO. The minimum Gasteiger partial charge on any atom is -0.396 e. The molecule has 2 atom stereocenters. The van der Waals surface area contributed by atoms with Gasteiger partial charge >= 0.3 is 0 Å². The molecule has 1 rings (SSSR count). The van der Waals surface area contributed by atoms with Crippen LogP contribution in [0.2, 0.25) is 0 Å². The van der Waals surface area contributed by atoms with E-state index in [0.29, 0.717) is 18.8 Å². The van der Waals surface area contributed by atoms with Crippen molar-refractivity contribution in [3.63, 3.8) is 0 Å². The van der Waals surface area contributed by atoms with Crippen molar-refractivity contribution in [3.8, 4) is 0 Å². The number of aliphatic hydroxyl groups excluding tert-OH is 1. The Bertz CT molecular complexity index is 230. The summed E-state index contributed by atoms with van der Waals surface area (Å²) in [4.78, 5) is 0. The molecule has 1 heterocycles. The van der Waals surface area contributed by atoms with Crippen LogP contribution >= 0.6 is 0 Å². The van der Waals surface area contributed by atoms with E-state index in [1.54, 1.807) is 0 Å². The molecule has 0 radical (unpaired) electrons. The van der Waals surface area contributed by atoms with Crippen LogP contribution in [-0.2, 0) is 4.74 Å². The quantitative estimate of drug-likeness (QED) is 0.263. The van der Waals surface area contributed by atoms with Crippen molar-refractivity contribution in [1.29, 1.82) is 0 Å². The monoisotopic (exact) mass is 312 g/mol. The first kappa shape index (κ1) is 20.0. The van der Waals surface area contributed by atoms with E-state index in [1.807, 2.05) is 0 Å². The van der Waals surface area contributed by atoms with Crippen LogP contribution in [-0.4, -0.2) is 23.9 Å². The molecule has 1 saturated heterocycles. The summed E-state index contributed by atoms with van der Waals surface area (Å²) < 4.78 is 5.79. The highest BCUT2D eigenvalue weighted by Crippen LogP contribution is 2.31. The fourth-order valence-electron chi connectivity index (χ4n) is 3.33. The molecule has 0 aromatic carbocycles. The summed E-state index contributed by atoms with van der Waals surface area (Å²) in [5.74, 6) is 0. The normalized spacial score (nSPS) is 20.5. The third-order valence-corrected chi connectivity index (χ3v) is 4.93. The molecule has 0 amide bonds. The lowest BCUT2D eigenvalue weighted by molar-refractivity contribution is 0.282. The molecule has 0 aliphatic carbocycles. The number of epoxide rings is 1. The maximum absolute atomic E-state index is 8.72. The Morgan fingerprint density at radius 3 is 1.45 bits per heavy atom. The summed E-state index contributed by atoms with van der Waals surface area (Å²) in [5.41, 5.74) is 0. The van der Waals surface area contributed by atoms with Gasteiger partial charge in [-0.2, -0.15) is 0 Å². The number of hydrogen-bond donors (Lipinski definition) is 1. The number of ether oxygens (including phenoxy) is 1. The molecule has 132 valence electrons. The minimum atomic E-state index is 0.357. The van der Waals surface area contributed by atoms with Crippen LogP contribution < -0.4 is 0 Å². The van der Waals surface area contributed by atoms with Crippen LogP contribution in [0.15, 0.2) is 0 Å². The van der Waals surface area contributed by atoms with Gasteiger partial charge in [-0.1, -0.05) is 90.4 Å². The number of rotatable bonds is 17. The van der Waals surface area contributed by atoms with Crippen LogP contribution in [0.1, 0.15) is 110 Å². The van der Waals surface area contributed by atoms with Crippen LogP contribution in [0.4, 0.5) is 0 Å². The predicted molar refractivity (Wildman–Crippen MR) is 95.3 cm³/mol. The molecule has 0 bridgehead atoms. The molecule has 2 heteroatoms. The minimum absolute atomic E-state index is 0.357. The van der Waals surface area contributed by atoms with Gasteiger partial charge in [0.15, 0.2) is 0 Å². The topological polar surface area (TPSA) is 32.8 Å². The summed E-state index contributed by atoms with van der Waals surface area (Å²) in [7, 11) is 0. The highest BCUT2D eigenvalue weighted by molar-refractivity contribution is 4.84. The van der Waals surface area contributed by atoms with Gasteiger partial charge in [-0.3, -0.25) is 0 Å². The standard InChI is InChI=1S/C20H40O2/c1-2-3-4-5-6-7-10-13-16-19-20(22-19)17-14-11-8-9-12-15-18-21/h19-21H,2-18H2,1H3. The average molecular weight is 313 g/mol. The van der Waals surface area contributed by atoms with Crippen molar-refractivity contribution >= 4 is 0 Å². The van der Waals surface area contributed by atoms with Gasteiger partial charge in [0.25, 0.3) is 0 Å². The molecule has 1 aliphatic rings. The molecule has 1 fully saturated rings. The molecule has 1 aliphatic heterocycles. The van der Waals surface area contributed by atoms with Crippen molar-refractivity contribution in [2.45, 2.75) is 122 Å². The van der Waals surface area contributed by atoms with E-state index >= 15 is 0 Å². The summed E-state index contributed by atoms with van der Waals surface area (Å²) in [5, 5.41) is 8.72. The second kappa shape index (κ2) is 14.5. The van der Waals surface area contributed by atoms with Crippen molar-refractivity contribution in [2.75, 3.05) is 6.61 Å². The third-order valence-electron chi connectivity index (χ3n) is 4.93. The molecular formula is C20H40O2. The molecule has 2 nitrogen and oxygen atoms in total. The van der Waals surface area contributed by atoms with Crippen molar-refractivity contribution in [2.24, 2.45) is 0 Å². The highest BCUT2D eigenvalue weighted by atomic mass is 16.6. The summed E-state index contributed by atoms with van der Waals surface area (Å²) in [6, 6.07) is 0. The Morgan fingerprint density at radius 2 is 1.00 bits per heavy atom. The van der Waals surface area contributed by atoms with Gasteiger partial charge in [0.1, 0.15) is 0 Å². The van der Waals surface area contributed by atoms with E-state index in [0.717, 1.165) is 6.42 Å². The maximum atomic E-state index is 8.72. The highest BCUT2D eigenvalue weighted by Gasteiger charge is 2.36. The molecule has 0 aromatic heterocycles. The fraction of sp³-hybridized carbons (Fsp3) is 1.00. The second-order valence-corrected chi connectivity index (χ2v) is 7.11. The zero-order valence-electron chi connectivity index (χ0n) is 15.0. The van der Waals surface area contributed by atoms with E-state index in [9.17, 15) is 0 Å². The first-order valence-electron chi connectivity index (χ1n) is 10.1. The molecular weight excluding hydrogens is 272 g/mol. The van der Waals surface area contributed by atoms with Crippen molar-refractivity contribution in [3.05, 3.63) is 0 Å². The lowest BCUT2D eigenvalue weighted by Gasteiger charge is -2.01. The van der Waals surface area contributed by atoms with E-state index < -0.39 is 0 Å². The smallest absolute Gasteiger partial charge is 0.0841 e. The van der Waals surface area contributed by atoms with Gasteiger partial charge in [0.2, 0.25) is 0 Å². The van der Waals surface area contributed by atoms with Crippen LogP contribution in [0.25, 0.3) is 0 Å². The Hall–Kier alpha value is -0.0800. The third kappa shape index (κ3) is 11.5. The lowest BCUT2D eigenvalue weighted by atomic mass is 10.0. The van der Waals surface area contributed by atoms with Gasteiger partial charge in [0.05, 0.1) is 12.2 Å². The Morgan fingerprint density at radius 1 is 0.591 bits per heavy atom. The Balaban J connectivity index is 1.73. The fourth-order valence-corrected chi connectivity index (χ4v) is 3.33. The largest absolute Gasteiger partial charge is 0.396 e. The van der Waals surface area contributed by atoms with Crippen molar-refractivity contribution < 1.29 is 9.84 Å². The van der Waals surface area contributed by atoms with E-state index in [1.165, 1.54) is 96.3 Å².